The maximum absolute atomic E-state index is 12.3. The molecule has 0 spiro atoms. The number of likely N-dealkylation sites (N-methyl/N-ethyl adjacent to an activating group) is 1. The van der Waals surface area contributed by atoms with Gasteiger partial charge in [-0.25, -0.2) is 0 Å². The van der Waals surface area contributed by atoms with Gasteiger partial charge in [-0.15, -0.1) is 0 Å². The van der Waals surface area contributed by atoms with Crippen LogP contribution in [0.15, 0.2) is 42.5 Å². The molecule has 0 fully saturated rings. The summed E-state index contributed by atoms with van der Waals surface area (Å²) >= 11 is 0. The molecule has 0 bridgehead atoms. The normalized spacial score (nSPS) is 12.5. The summed E-state index contributed by atoms with van der Waals surface area (Å²) in [4.78, 5) is 14.3. The Kier molecular flexibility index (Phi) is 6.65. The first-order chi connectivity index (χ1) is 13.5. The fourth-order valence-electron chi connectivity index (χ4n) is 2.83. The van der Waals surface area contributed by atoms with Crippen molar-refractivity contribution in [3.8, 4) is 17.2 Å². The van der Waals surface area contributed by atoms with Crippen molar-refractivity contribution in [3.63, 3.8) is 0 Å². The number of nitrogens with zero attached hydrogens (tertiary/aromatic N) is 1. The predicted octanol–water partition coefficient (Wildman–Crippen LogP) is 3.16. The van der Waals surface area contributed by atoms with E-state index in [1.807, 2.05) is 30.0 Å². The molecule has 1 N–H and O–H groups in total. The van der Waals surface area contributed by atoms with Crippen LogP contribution < -0.4 is 19.5 Å². The van der Waals surface area contributed by atoms with Crippen molar-refractivity contribution in [2.75, 3.05) is 19.9 Å². The Balaban J connectivity index is 1.47. The molecule has 0 saturated carbocycles. The number of halogens is 2. The molecule has 1 aliphatic heterocycles. The van der Waals surface area contributed by atoms with Crippen LogP contribution in [0.1, 0.15) is 18.1 Å². The SMILES string of the molecule is CCN(CC(=O)NCc1ccc(OC(F)F)cc1)Cc1ccc2c(c1)OCO2. The summed E-state index contributed by atoms with van der Waals surface area (Å²) in [5, 5.41) is 2.84. The number of fused-ring (bicyclic) bond motifs is 1. The lowest BCUT2D eigenvalue weighted by Gasteiger charge is -2.20. The quantitative estimate of drug-likeness (QED) is 0.711. The molecule has 8 heteroatoms. The van der Waals surface area contributed by atoms with Crippen LogP contribution in [-0.4, -0.2) is 37.3 Å². The van der Waals surface area contributed by atoms with Gasteiger partial charge in [0.25, 0.3) is 0 Å². The third-order valence-corrected chi connectivity index (χ3v) is 4.30. The summed E-state index contributed by atoms with van der Waals surface area (Å²) in [5.74, 6) is 1.42. The number of alkyl halides is 2. The lowest BCUT2D eigenvalue weighted by molar-refractivity contribution is -0.122. The highest BCUT2D eigenvalue weighted by Gasteiger charge is 2.15. The second kappa shape index (κ2) is 9.36. The summed E-state index contributed by atoms with van der Waals surface area (Å²) in [6.45, 7) is 1.25. The van der Waals surface area contributed by atoms with E-state index in [-0.39, 0.29) is 25.0 Å². The Hall–Kier alpha value is -2.87. The van der Waals surface area contributed by atoms with Gasteiger partial charge in [0.05, 0.1) is 6.54 Å². The van der Waals surface area contributed by atoms with Gasteiger partial charge < -0.3 is 19.5 Å². The van der Waals surface area contributed by atoms with Gasteiger partial charge in [0, 0.05) is 13.1 Å². The lowest BCUT2D eigenvalue weighted by Crippen LogP contribution is -2.36. The molecule has 1 aliphatic rings. The number of ether oxygens (including phenoxy) is 3. The molecule has 1 amide bonds. The molecule has 0 atom stereocenters. The Bertz CT molecular complexity index is 799. The molecule has 6 nitrogen and oxygen atoms in total. The first-order valence-electron chi connectivity index (χ1n) is 8.95. The number of nitrogens with one attached hydrogen (secondary N) is 1. The highest BCUT2D eigenvalue weighted by atomic mass is 19.3. The molecule has 0 radical (unpaired) electrons. The van der Waals surface area contributed by atoms with Crippen LogP contribution in [0, 0.1) is 0 Å². The van der Waals surface area contributed by atoms with Crippen LogP contribution in [0.3, 0.4) is 0 Å². The molecule has 1 heterocycles. The summed E-state index contributed by atoms with van der Waals surface area (Å²) in [5.41, 5.74) is 1.84. The Morgan fingerprint density at radius 1 is 1.14 bits per heavy atom. The van der Waals surface area contributed by atoms with Crippen LogP contribution in [0.4, 0.5) is 8.78 Å². The van der Waals surface area contributed by atoms with E-state index in [0.29, 0.717) is 19.6 Å². The minimum atomic E-state index is -2.85. The molecule has 3 rings (SSSR count). The molecule has 0 unspecified atom stereocenters. The van der Waals surface area contributed by atoms with E-state index >= 15 is 0 Å². The third-order valence-electron chi connectivity index (χ3n) is 4.30. The molecule has 2 aromatic rings. The summed E-state index contributed by atoms with van der Waals surface area (Å²) in [6, 6.07) is 11.9. The van der Waals surface area contributed by atoms with Crippen molar-refractivity contribution >= 4 is 5.91 Å². The van der Waals surface area contributed by atoms with Gasteiger partial charge in [0.15, 0.2) is 11.5 Å². The van der Waals surface area contributed by atoms with E-state index in [0.717, 1.165) is 22.6 Å². The van der Waals surface area contributed by atoms with E-state index in [1.54, 1.807) is 12.1 Å². The van der Waals surface area contributed by atoms with Crippen LogP contribution >= 0.6 is 0 Å². The zero-order valence-electron chi connectivity index (χ0n) is 15.5. The van der Waals surface area contributed by atoms with Gasteiger partial charge in [-0.3, -0.25) is 9.69 Å². The number of rotatable bonds is 9. The minimum Gasteiger partial charge on any atom is -0.454 e. The zero-order chi connectivity index (χ0) is 19.9. The van der Waals surface area contributed by atoms with E-state index in [4.69, 9.17) is 9.47 Å². The maximum Gasteiger partial charge on any atom is 0.387 e. The first kappa shape index (κ1) is 19.9. The Labute approximate surface area is 162 Å². The first-order valence-corrected chi connectivity index (χ1v) is 8.95. The van der Waals surface area contributed by atoms with Gasteiger partial charge >= 0.3 is 6.61 Å². The highest BCUT2D eigenvalue weighted by molar-refractivity contribution is 5.78. The van der Waals surface area contributed by atoms with Crippen molar-refractivity contribution in [3.05, 3.63) is 53.6 Å². The maximum atomic E-state index is 12.3. The predicted molar refractivity (Wildman–Crippen MR) is 98.4 cm³/mol. The molecule has 0 aromatic heterocycles. The Morgan fingerprint density at radius 2 is 1.86 bits per heavy atom. The summed E-state index contributed by atoms with van der Waals surface area (Å²) in [6.07, 6.45) is 0. The molecule has 150 valence electrons. The number of carbonyl (C=O) groups is 1. The van der Waals surface area contributed by atoms with E-state index in [1.165, 1.54) is 12.1 Å². The van der Waals surface area contributed by atoms with Crippen LogP contribution in [0.5, 0.6) is 17.2 Å². The monoisotopic (exact) mass is 392 g/mol. The fraction of sp³-hybridized carbons (Fsp3) is 0.350. The molecule has 0 saturated heterocycles. The standard InChI is InChI=1S/C20H22F2N2O4/c1-2-24(11-15-5-8-17-18(9-15)27-13-26-17)12-19(25)23-10-14-3-6-16(7-4-14)28-20(21)22/h3-9,20H,2,10-13H2,1H3,(H,23,25). The number of hydrogen-bond acceptors (Lipinski definition) is 5. The van der Waals surface area contributed by atoms with Gasteiger partial charge in [-0.2, -0.15) is 8.78 Å². The second-order valence-electron chi connectivity index (χ2n) is 6.29. The largest absolute Gasteiger partial charge is 0.454 e. The summed E-state index contributed by atoms with van der Waals surface area (Å²) < 4.78 is 39.3. The van der Waals surface area contributed by atoms with Gasteiger partial charge in [0.1, 0.15) is 5.75 Å². The van der Waals surface area contributed by atoms with Gasteiger partial charge in [0.2, 0.25) is 12.7 Å². The second-order valence-corrected chi connectivity index (χ2v) is 6.29. The minimum absolute atomic E-state index is 0.0889. The number of carbonyl (C=O) groups excluding carboxylic acids is 1. The van der Waals surface area contributed by atoms with E-state index in [9.17, 15) is 13.6 Å². The fourth-order valence-corrected chi connectivity index (χ4v) is 2.83. The van der Waals surface area contributed by atoms with Crippen molar-refractivity contribution in [1.82, 2.24) is 10.2 Å². The van der Waals surface area contributed by atoms with E-state index in [2.05, 4.69) is 10.1 Å². The highest BCUT2D eigenvalue weighted by Crippen LogP contribution is 2.32. The number of hydrogen-bond donors (Lipinski definition) is 1. The van der Waals surface area contributed by atoms with Crippen LogP contribution in [0.25, 0.3) is 0 Å². The Morgan fingerprint density at radius 3 is 2.57 bits per heavy atom. The van der Waals surface area contributed by atoms with E-state index < -0.39 is 6.61 Å². The van der Waals surface area contributed by atoms with Crippen molar-refractivity contribution < 1.29 is 27.8 Å². The van der Waals surface area contributed by atoms with Gasteiger partial charge in [-0.1, -0.05) is 25.1 Å². The van der Waals surface area contributed by atoms with Gasteiger partial charge in [-0.05, 0) is 41.9 Å². The van der Waals surface area contributed by atoms with Crippen molar-refractivity contribution in [2.24, 2.45) is 0 Å². The molecule has 2 aromatic carbocycles. The average molecular weight is 392 g/mol. The van der Waals surface area contributed by atoms with Crippen LogP contribution in [0.2, 0.25) is 0 Å². The molecule has 28 heavy (non-hydrogen) atoms. The lowest BCUT2D eigenvalue weighted by atomic mass is 10.2. The molecular formula is C20H22F2N2O4. The van der Waals surface area contributed by atoms with Crippen molar-refractivity contribution in [2.45, 2.75) is 26.6 Å². The molecule has 0 aliphatic carbocycles. The van der Waals surface area contributed by atoms with Crippen LogP contribution in [-0.2, 0) is 17.9 Å². The number of amides is 1. The van der Waals surface area contributed by atoms with Crippen molar-refractivity contribution in [1.29, 1.82) is 0 Å². The third kappa shape index (κ3) is 5.56. The summed E-state index contributed by atoms with van der Waals surface area (Å²) in [7, 11) is 0. The number of benzene rings is 2. The molecular weight excluding hydrogens is 370 g/mol. The zero-order valence-corrected chi connectivity index (χ0v) is 15.5. The smallest absolute Gasteiger partial charge is 0.387 e. The average Bonchev–Trinajstić information content (AvgIpc) is 3.14. The topological polar surface area (TPSA) is 60.0 Å².